The minimum absolute atomic E-state index is 0.0460. The van der Waals surface area contributed by atoms with Gasteiger partial charge in [-0.05, 0) is 24.6 Å². The maximum atomic E-state index is 6.25. The molecule has 3 rings (SSSR count). The van der Waals surface area contributed by atoms with E-state index in [1.165, 1.54) is 0 Å². The summed E-state index contributed by atoms with van der Waals surface area (Å²) in [6, 6.07) is 7.92. The van der Waals surface area contributed by atoms with Gasteiger partial charge in [-0.25, -0.2) is 4.98 Å². The molecule has 1 atom stereocenters. The molecule has 1 aromatic carbocycles. The zero-order chi connectivity index (χ0) is 13.9. The van der Waals surface area contributed by atoms with Gasteiger partial charge in [0.15, 0.2) is 4.96 Å². The SMILES string of the molecule is CCOc1ccc(C(N)Cc2cn3ccsc3n2)cc1. The molecule has 20 heavy (non-hydrogen) atoms. The van der Waals surface area contributed by atoms with Crippen LogP contribution in [-0.2, 0) is 6.42 Å². The molecule has 0 bridgehead atoms. The average Bonchev–Trinajstić information content (AvgIpc) is 3.01. The summed E-state index contributed by atoms with van der Waals surface area (Å²) in [6.45, 7) is 2.65. The largest absolute Gasteiger partial charge is 0.494 e. The van der Waals surface area contributed by atoms with Crippen LogP contribution in [-0.4, -0.2) is 16.0 Å². The molecule has 0 spiro atoms. The van der Waals surface area contributed by atoms with Crippen molar-refractivity contribution in [1.82, 2.24) is 9.38 Å². The summed E-state index contributed by atoms with van der Waals surface area (Å²) in [6.07, 6.45) is 4.79. The highest BCUT2D eigenvalue weighted by Gasteiger charge is 2.10. The standard InChI is InChI=1S/C15H17N3OS/c1-2-19-13-5-3-11(4-6-13)14(16)9-12-10-18-7-8-20-15(18)17-12/h3-8,10,14H,2,9,16H2,1H3. The molecule has 2 heterocycles. The zero-order valence-corrected chi connectivity index (χ0v) is 12.1. The third kappa shape index (κ3) is 2.69. The van der Waals surface area contributed by atoms with Gasteiger partial charge in [-0.2, -0.15) is 0 Å². The number of benzene rings is 1. The van der Waals surface area contributed by atoms with E-state index in [0.717, 1.165) is 28.4 Å². The number of ether oxygens (including phenoxy) is 1. The number of nitrogens with two attached hydrogens (primary N) is 1. The number of rotatable bonds is 5. The molecule has 0 fully saturated rings. The number of nitrogens with zero attached hydrogens (tertiary/aromatic N) is 2. The van der Waals surface area contributed by atoms with Crippen molar-refractivity contribution in [3.8, 4) is 5.75 Å². The van der Waals surface area contributed by atoms with E-state index in [1.807, 2.05) is 53.4 Å². The van der Waals surface area contributed by atoms with Crippen molar-refractivity contribution in [2.45, 2.75) is 19.4 Å². The van der Waals surface area contributed by atoms with Gasteiger partial charge in [0.2, 0.25) is 0 Å². The lowest BCUT2D eigenvalue weighted by atomic mass is 10.0. The summed E-state index contributed by atoms with van der Waals surface area (Å²) < 4.78 is 7.47. The van der Waals surface area contributed by atoms with E-state index in [4.69, 9.17) is 10.5 Å². The number of thiazole rings is 1. The van der Waals surface area contributed by atoms with Crippen molar-refractivity contribution >= 4 is 16.3 Å². The second-order valence-corrected chi connectivity index (χ2v) is 5.51. The number of hydrogen-bond donors (Lipinski definition) is 1. The van der Waals surface area contributed by atoms with Gasteiger partial charge in [-0.15, -0.1) is 11.3 Å². The first-order valence-corrected chi connectivity index (χ1v) is 7.53. The highest BCUT2D eigenvalue weighted by molar-refractivity contribution is 7.15. The summed E-state index contributed by atoms with van der Waals surface area (Å²) in [4.78, 5) is 5.57. The van der Waals surface area contributed by atoms with E-state index in [0.29, 0.717) is 6.61 Å². The van der Waals surface area contributed by atoms with Crippen LogP contribution < -0.4 is 10.5 Å². The fourth-order valence-corrected chi connectivity index (χ4v) is 2.91. The molecular weight excluding hydrogens is 270 g/mol. The van der Waals surface area contributed by atoms with E-state index in [1.54, 1.807) is 11.3 Å². The van der Waals surface area contributed by atoms with Gasteiger partial charge in [0.05, 0.1) is 12.3 Å². The molecule has 0 saturated heterocycles. The second kappa shape index (κ2) is 5.64. The second-order valence-electron chi connectivity index (χ2n) is 4.64. The fraction of sp³-hybridized carbons (Fsp3) is 0.267. The smallest absolute Gasteiger partial charge is 0.193 e. The van der Waals surface area contributed by atoms with Crippen molar-refractivity contribution in [2.75, 3.05) is 6.61 Å². The summed E-state index contributed by atoms with van der Waals surface area (Å²) in [5, 5.41) is 2.03. The molecule has 2 aromatic heterocycles. The number of imidazole rings is 1. The molecule has 2 N–H and O–H groups in total. The van der Waals surface area contributed by atoms with Crippen LogP contribution in [0.2, 0.25) is 0 Å². The molecular formula is C15H17N3OS. The molecule has 1 unspecified atom stereocenters. The van der Waals surface area contributed by atoms with E-state index in [2.05, 4.69) is 4.98 Å². The minimum Gasteiger partial charge on any atom is -0.494 e. The van der Waals surface area contributed by atoms with Crippen LogP contribution in [0.15, 0.2) is 42.0 Å². The van der Waals surface area contributed by atoms with Gasteiger partial charge in [0, 0.05) is 30.2 Å². The predicted molar refractivity (Wildman–Crippen MR) is 81.3 cm³/mol. The van der Waals surface area contributed by atoms with E-state index in [-0.39, 0.29) is 6.04 Å². The van der Waals surface area contributed by atoms with Gasteiger partial charge in [0.1, 0.15) is 5.75 Å². The Hall–Kier alpha value is -1.85. The molecule has 104 valence electrons. The van der Waals surface area contributed by atoms with E-state index < -0.39 is 0 Å². The van der Waals surface area contributed by atoms with Crippen LogP contribution in [0.1, 0.15) is 24.2 Å². The van der Waals surface area contributed by atoms with Gasteiger partial charge in [-0.1, -0.05) is 12.1 Å². The van der Waals surface area contributed by atoms with Crippen molar-refractivity contribution in [3.63, 3.8) is 0 Å². The van der Waals surface area contributed by atoms with Gasteiger partial charge in [0.25, 0.3) is 0 Å². The van der Waals surface area contributed by atoms with Crippen LogP contribution in [0.3, 0.4) is 0 Å². The highest BCUT2D eigenvalue weighted by atomic mass is 32.1. The normalized spacial score (nSPS) is 12.7. The van der Waals surface area contributed by atoms with Crippen molar-refractivity contribution < 1.29 is 4.74 Å². The predicted octanol–water partition coefficient (Wildman–Crippen LogP) is 3.04. The Morgan fingerprint density at radius 2 is 2.15 bits per heavy atom. The fourth-order valence-electron chi connectivity index (χ4n) is 2.20. The van der Waals surface area contributed by atoms with Crippen LogP contribution in [0.4, 0.5) is 0 Å². The molecule has 5 heteroatoms. The average molecular weight is 287 g/mol. The quantitative estimate of drug-likeness (QED) is 0.784. The first-order chi connectivity index (χ1) is 9.76. The maximum absolute atomic E-state index is 6.25. The first-order valence-electron chi connectivity index (χ1n) is 6.65. The molecule has 0 saturated carbocycles. The number of fused-ring (bicyclic) bond motifs is 1. The van der Waals surface area contributed by atoms with Crippen molar-refractivity contribution in [1.29, 1.82) is 0 Å². The third-order valence-electron chi connectivity index (χ3n) is 3.19. The van der Waals surface area contributed by atoms with Crippen LogP contribution in [0.5, 0.6) is 5.75 Å². The van der Waals surface area contributed by atoms with Crippen LogP contribution in [0, 0.1) is 0 Å². The lowest BCUT2D eigenvalue weighted by molar-refractivity contribution is 0.340. The summed E-state index contributed by atoms with van der Waals surface area (Å²) in [5.74, 6) is 0.881. The molecule has 0 aliphatic heterocycles. The monoisotopic (exact) mass is 287 g/mol. The van der Waals surface area contributed by atoms with Crippen LogP contribution >= 0.6 is 11.3 Å². The summed E-state index contributed by atoms with van der Waals surface area (Å²) in [7, 11) is 0. The van der Waals surface area contributed by atoms with Gasteiger partial charge < -0.3 is 10.5 Å². The molecule has 0 aliphatic rings. The third-order valence-corrected chi connectivity index (χ3v) is 3.96. The molecule has 0 aliphatic carbocycles. The Morgan fingerprint density at radius 3 is 2.85 bits per heavy atom. The maximum Gasteiger partial charge on any atom is 0.193 e. The van der Waals surface area contributed by atoms with E-state index in [9.17, 15) is 0 Å². The lowest BCUT2D eigenvalue weighted by Crippen LogP contribution is -2.13. The Balaban J connectivity index is 1.71. The number of hydrogen-bond acceptors (Lipinski definition) is 4. The summed E-state index contributed by atoms with van der Waals surface area (Å²) >= 11 is 1.63. The molecule has 0 radical (unpaired) electrons. The van der Waals surface area contributed by atoms with Crippen molar-refractivity contribution in [2.24, 2.45) is 5.73 Å². The Morgan fingerprint density at radius 1 is 1.35 bits per heavy atom. The Kier molecular flexibility index (Phi) is 3.71. The highest BCUT2D eigenvalue weighted by Crippen LogP contribution is 2.20. The number of aromatic nitrogens is 2. The van der Waals surface area contributed by atoms with Gasteiger partial charge >= 0.3 is 0 Å². The van der Waals surface area contributed by atoms with Crippen LogP contribution in [0.25, 0.3) is 4.96 Å². The van der Waals surface area contributed by atoms with E-state index >= 15 is 0 Å². The molecule has 3 aromatic rings. The lowest BCUT2D eigenvalue weighted by Gasteiger charge is -2.11. The van der Waals surface area contributed by atoms with Gasteiger partial charge in [-0.3, -0.25) is 4.40 Å². The molecule has 4 nitrogen and oxygen atoms in total. The topological polar surface area (TPSA) is 52.5 Å². The first kappa shape index (κ1) is 13.1. The zero-order valence-electron chi connectivity index (χ0n) is 11.3. The minimum atomic E-state index is -0.0460. The van der Waals surface area contributed by atoms with Crippen molar-refractivity contribution in [3.05, 3.63) is 53.3 Å². The Bertz CT molecular complexity index is 658. The molecule has 0 amide bonds. The summed E-state index contributed by atoms with van der Waals surface area (Å²) in [5.41, 5.74) is 8.38. The Labute approximate surface area is 121 Å².